The van der Waals surface area contributed by atoms with E-state index in [4.69, 9.17) is 9.47 Å². The summed E-state index contributed by atoms with van der Waals surface area (Å²) in [5.41, 5.74) is -0.322. The summed E-state index contributed by atoms with van der Waals surface area (Å²) in [5, 5.41) is 0. The summed E-state index contributed by atoms with van der Waals surface area (Å²) in [6, 6.07) is 2.88. The molecule has 0 aromatic carbocycles. The molecule has 5 nitrogen and oxygen atoms in total. The number of amides is 1. The molecule has 0 bridgehead atoms. The Bertz CT molecular complexity index is 546. The minimum Gasteiger partial charge on any atom is -0.472 e. The second-order valence-corrected chi connectivity index (χ2v) is 6.05. The number of likely N-dealkylation sites (tertiary alicyclic amines) is 1. The number of rotatable bonds is 4. The lowest BCUT2D eigenvalue weighted by Gasteiger charge is -2.52. The van der Waals surface area contributed by atoms with E-state index in [9.17, 15) is 9.18 Å². The van der Waals surface area contributed by atoms with Crippen LogP contribution in [0.1, 0.15) is 32.6 Å². The van der Waals surface area contributed by atoms with Crippen LogP contribution in [0.5, 0.6) is 5.88 Å². The SMILES string of the molecule is CCCC(=O)N1CC2(C[C@@H](Oc3ncccc3F)CCO2)C1. The van der Waals surface area contributed by atoms with Gasteiger partial charge < -0.3 is 14.4 Å². The highest BCUT2D eigenvalue weighted by molar-refractivity contribution is 5.77. The van der Waals surface area contributed by atoms with E-state index in [1.165, 1.54) is 18.3 Å². The monoisotopic (exact) mass is 308 g/mol. The molecule has 1 aromatic heterocycles. The largest absolute Gasteiger partial charge is 0.472 e. The molecule has 2 saturated heterocycles. The molecule has 0 radical (unpaired) electrons. The van der Waals surface area contributed by atoms with E-state index in [2.05, 4.69) is 4.98 Å². The van der Waals surface area contributed by atoms with Crippen LogP contribution >= 0.6 is 0 Å². The van der Waals surface area contributed by atoms with Crippen LogP contribution in [0.15, 0.2) is 18.3 Å². The maximum absolute atomic E-state index is 13.6. The first-order valence-electron chi connectivity index (χ1n) is 7.81. The van der Waals surface area contributed by atoms with Crippen LogP contribution in [0.2, 0.25) is 0 Å². The van der Waals surface area contributed by atoms with Gasteiger partial charge in [0.15, 0.2) is 5.82 Å². The fraction of sp³-hybridized carbons (Fsp3) is 0.625. The number of ether oxygens (including phenoxy) is 2. The number of carbonyl (C=O) groups excluding carboxylic acids is 1. The molecular weight excluding hydrogens is 287 g/mol. The Hall–Kier alpha value is -1.69. The van der Waals surface area contributed by atoms with E-state index < -0.39 is 5.82 Å². The van der Waals surface area contributed by atoms with E-state index in [-0.39, 0.29) is 23.5 Å². The number of hydrogen-bond donors (Lipinski definition) is 0. The van der Waals surface area contributed by atoms with E-state index >= 15 is 0 Å². The third-order valence-corrected chi connectivity index (χ3v) is 4.23. The Balaban J connectivity index is 1.57. The van der Waals surface area contributed by atoms with Crippen LogP contribution in [0.3, 0.4) is 0 Å². The second kappa shape index (κ2) is 6.20. The normalized spacial score (nSPS) is 23.2. The van der Waals surface area contributed by atoms with Crippen molar-refractivity contribution in [3.05, 3.63) is 24.1 Å². The zero-order valence-electron chi connectivity index (χ0n) is 12.8. The van der Waals surface area contributed by atoms with E-state index in [0.717, 1.165) is 6.42 Å². The molecule has 0 N–H and O–H groups in total. The van der Waals surface area contributed by atoms with Crippen LogP contribution in [0, 0.1) is 5.82 Å². The van der Waals surface area contributed by atoms with Gasteiger partial charge in [0.1, 0.15) is 11.7 Å². The van der Waals surface area contributed by atoms with Crippen molar-refractivity contribution in [2.75, 3.05) is 19.7 Å². The summed E-state index contributed by atoms with van der Waals surface area (Å²) in [4.78, 5) is 17.6. The first-order valence-corrected chi connectivity index (χ1v) is 7.81. The molecule has 2 aliphatic rings. The minimum atomic E-state index is -0.448. The van der Waals surface area contributed by atoms with Crippen molar-refractivity contribution in [3.8, 4) is 5.88 Å². The average molecular weight is 308 g/mol. The first-order chi connectivity index (χ1) is 10.6. The molecule has 120 valence electrons. The Morgan fingerprint density at radius 3 is 3.14 bits per heavy atom. The van der Waals surface area contributed by atoms with Gasteiger partial charge in [-0.25, -0.2) is 9.37 Å². The number of aromatic nitrogens is 1. The number of carbonyl (C=O) groups is 1. The molecule has 0 aliphatic carbocycles. The zero-order valence-corrected chi connectivity index (χ0v) is 12.8. The lowest BCUT2D eigenvalue weighted by atomic mass is 9.84. The maximum atomic E-state index is 13.6. The molecule has 2 fully saturated rings. The van der Waals surface area contributed by atoms with Crippen molar-refractivity contribution < 1.29 is 18.7 Å². The van der Waals surface area contributed by atoms with Gasteiger partial charge in [0.25, 0.3) is 5.88 Å². The van der Waals surface area contributed by atoms with E-state index in [1.807, 2.05) is 11.8 Å². The standard InChI is InChI=1S/C16H21FN2O3/c1-2-4-14(20)19-10-16(11-19)9-12(6-8-21-16)22-15-13(17)5-3-7-18-15/h3,5,7,12H,2,4,6,8-11H2,1H3/t12-/m0/s1. The molecule has 1 aromatic rings. The first kappa shape index (κ1) is 15.2. The van der Waals surface area contributed by atoms with Crippen molar-refractivity contribution in [1.29, 1.82) is 0 Å². The Kier molecular flexibility index (Phi) is 4.29. The summed E-state index contributed by atoms with van der Waals surface area (Å²) < 4.78 is 25.2. The van der Waals surface area contributed by atoms with Gasteiger partial charge in [-0.15, -0.1) is 0 Å². The smallest absolute Gasteiger partial charge is 0.250 e. The van der Waals surface area contributed by atoms with Crippen molar-refractivity contribution in [3.63, 3.8) is 0 Å². The quantitative estimate of drug-likeness (QED) is 0.855. The van der Waals surface area contributed by atoms with Crippen LogP contribution in [0.4, 0.5) is 4.39 Å². The number of nitrogens with zero attached hydrogens (tertiary/aromatic N) is 2. The predicted octanol–water partition coefficient (Wildman–Crippen LogP) is 2.16. The van der Waals surface area contributed by atoms with Crippen LogP contribution < -0.4 is 4.74 Å². The molecular formula is C16H21FN2O3. The van der Waals surface area contributed by atoms with Gasteiger partial charge in [-0.2, -0.15) is 0 Å². The lowest BCUT2D eigenvalue weighted by molar-refractivity contribution is -0.193. The van der Waals surface area contributed by atoms with Gasteiger partial charge in [0.05, 0.1) is 19.7 Å². The number of hydrogen-bond acceptors (Lipinski definition) is 4. The summed E-state index contributed by atoms with van der Waals surface area (Å²) in [6.45, 7) is 3.78. The maximum Gasteiger partial charge on any atom is 0.250 e. The third kappa shape index (κ3) is 3.06. The van der Waals surface area contributed by atoms with Gasteiger partial charge in [0.2, 0.25) is 5.91 Å². The number of pyridine rings is 1. The summed E-state index contributed by atoms with van der Waals surface area (Å²) >= 11 is 0. The molecule has 6 heteroatoms. The van der Waals surface area contributed by atoms with Crippen LogP contribution in [-0.2, 0) is 9.53 Å². The predicted molar refractivity (Wildman–Crippen MR) is 78.0 cm³/mol. The molecule has 3 heterocycles. The Morgan fingerprint density at radius 2 is 2.41 bits per heavy atom. The Morgan fingerprint density at radius 1 is 1.59 bits per heavy atom. The van der Waals surface area contributed by atoms with Gasteiger partial charge in [-0.3, -0.25) is 4.79 Å². The van der Waals surface area contributed by atoms with Crippen LogP contribution in [0.25, 0.3) is 0 Å². The number of halogens is 1. The average Bonchev–Trinajstić information content (AvgIpc) is 2.47. The van der Waals surface area contributed by atoms with Gasteiger partial charge in [-0.1, -0.05) is 6.92 Å². The molecule has 1 atom stereocenters. The highest BCUT2D eigenvalue weighted by Gasteiger charge is 2.49. The third-order valence-electron chi connectivity index (χ3n) is 4.23. The lowest BCUT2D eigenvalue weighted by Crippen LogP contribution is -2.67. The van der Waals surface area contributed by atoms with Crippen molar-refractivity contribution >= 4 is 5.91 Å². The minimum absolute atomic E-state index is 0.0442. The second-order valence-electron chi connectivity index (χ2n) is 6.05. The molecule has 1 spiro atoms. The van der Waals surface area contributed by atoms with Gasteiger partial charge >= 0.3 is 0 Å². The Labute approximate surface area is 129 Å². The van der Waals surface area contributed by atoms with Gasteiger partial charge in [0, 0.05) is 25.5 Å². The van der Waals surface area contributed by atoms with Crippen molar-refractivity contribution in [2.45, 2.75) is 44.3 Å². The topological polar surface area (TPSA) is 51.7 Å². The molecule has 1 amide bonds. The fourth-order valence-electron chi connectivity index (χ4n) is 3.12. The molecule has 22 heavy (non-hydrogen) atoms. The van der Waals surface area contributed by atoms with Gasteiger partial charge in [-0.05, 0) is 18.6 Å². The zero-order chi connectivity index (χ0) is 15.6. The highest BCUT2D eigenvalue weighted by Crippen LogP contribution is 2.36. The van der Waals surface area contributed by atoms with Crippen molar-refractivity contribution in [2.24, 2.45) is 0 Å². The fourth-order valence-corrected chi connectivity index (χ4v) is 3.12. The van der Waals surface area contributed by atoms with E-state index in [0.29, 0.717) is 39.0 Å². The van der Waals surface area contributed by atoms with E-state index in [1.54, 1.807) is 0 Å². The molecule has 0 unspecified atom stereocenters. The molecule has 3 rings (SSSR count). The highest BCUT2D eigenvalue weighted by atomic mass is 19.1. The molecule has 0 saturated carbocycles. The molecule has 2 aliphatic heterocycles. The summed E-state index contributed by atoms with van der Waals surface area (Å²) in [5.74, 6) is -0.227. The van der Waals surface area contributed by atoms with Crippen molar-refractivity contribution in [1.82, 2.24) is 9.88 Å². The van der Waals surface area contributed by atoms with Crippen LogP contribution in [-0.4, -0.2) is 47.2 Å². The summed E-state index contributed by atoms with van der Waals surface area (Å²) in [6.07, 6.45) is 4.20. The summed E-state index contributed by atoms with van der Waals surface area (Å²) in [7, 11) is 0.